The molecule has 2 aliphatic heterocycles. The number of hydrogen-bond donors (Lipinski definition) is 0. The molecule has 20 heavy (non-hydrogen) atoms. The number of rotatable bonds is 3. The first-order chi connectivity index (χ1) is 9.61. The van der Waals surface area contributed by atoms with Gasteiger partial charge in [0.2, 0.25) is 5.91 Å². The van der Waals surface area contributed by atoms with E-state index in [0.717, 1.165) is 12.0 Å². The van der Waals surface area contributed by atoms with Crippen molar-refractivity contribution < 1.29 is 13.6 Å². The van der Waals surface area contributed by atoms with Crippen molar-refractivity contribution in [2.75, 3.05) is 19.8 Å². The van der Waals surface area contributed by atoms with Gasteiger partial charge in [0.25, 0.3) is 0 Å². The second-order valence-electron chi connectivity index (χ2n) is 5.66. The molecular formula is C15H18F2N2O. The molecule has 0 unspecified atom stereocenters. The largest absolute Gasteiger partial charge is 0.273 e. The molecule has 0 bridgehead atoms. The normalized spacial score (nSPS) is 30.1. The lowest BCUT2D eigenvalue weighted by Crippen LogP contribution is -2.38. The van der Waals surface area contributed by atoms with Gasteiger partial charge in [-0.1, -0.05) is 19.1 Å². The van der Waals surface area contributed by atoms with Gasteiger partial charge in [0.15, 0.2) is 0 Å². The first-order valence-corrected chi connectivity index (χ1v) is 7.01. The number of hydrazine groups is 1. The standard InChI is InChI=1S/C15H18F2N2O/c1-2-15(9-16)10-18-7-6-13(19(18)14(15)20)11-4-3-5-12(17)8-11/h3-5,8,13H,2,6-7,9-10H2,1H3/t13-,15+/m0/s1. The monoisotopic (exact) mass is 280 g/mol. The smallest absolute Gasteiger partial charge is 0.247 e. The van der Waals surface area contributed by atoms with E-state index in [1.807, 2.05) is 18.0 Å². The summed E-state index contributed by atoms with van der Waals surface area (Å²) in [6, 6.07) is 6.16. The molecule has 1 amide bonds. The number of benzene rings is 1. The van der Waals surface area contributed by atoms with E-state index in [1.165, 1.54) is 12.1 Å². The van der Waals surface area contributed by atoms with Crippen molar-refractivity contribution in [2.45, 2.75) is 25.8 Å². The zero-order valence-corrected chi connectivity index (χ0v) is 11.5. The summed E-state index contributed by atoms with van der Waals surface area (Å²) >= 11 is 0. The molecule has 0 aromatic heterocycles. The van der Waals surface area contributed by atoms with Gasteiger partial charge in [-0.3, -0.25) is 9.80 Å². The van der Waals surface area contributed by atoms with Gasteiger partial charge in [0.1, 0.15) is 12.5 Å². The van der Waals surface area contributed by atoms with E-state index in [9.17, 15) is 13.6 Å². The fourth-order valence-electron chi connectivity index (χ4n) is 3.26. The van der Waals surface area contributed by atoms with Crippen molar-refractivity contribution in [3.63, 3.8) is 0 Å². The number of fused-ring (bicyclic) bond motifs is 1. The van der Waals surface area contributed by atoms with Crippen LogP contribution in [0.25, 0.3) is 0 Å². The molecule has 0 aliphatic carbocycles. The number of amides is 1. The summed E-state index contributed by atoms with van der Waals surface area (Å²) in [6.45, 7) is 2.36. The average Bonchev–Trinajstić information content (AvgIpc) is 2.98. The highest BCUT2D eigenvalue weighted by Gasteiger charge is 2.54. The average molecular weight is 280 g/mol. The van der Waals surface area contributed by atoms with Gasteiger partial charge in [-0.2, -0.15) is 0 Å². The minimum atomic E-state index is -0.911. The first-order valence-electron chi connectivity index (χ1n) is 7.01. The second-order valence-corrected chi connectivity index (χ2v) is 5.66. The lowest BCUT2D eigenvalue weighted by Gasteiger charge is -2.26. The second kappa shape index (κ2) is 4.81. The molecule has 0 spiro atoms. The van der Waals surface area contributed by atoms with Gasteiger partial charge >= 0.3 is 0 Å². The predicted molar refractivity (Wildman–Crippen MR) is 70.9 cm³/mol. The summed E-state index contributed by atoms with van der Waals surface area (Å²) in [4.78, 5) is 12.6. The number of carbonyl (C=O) groups excluding carboxylic acids is 1. The minimum absolute atomic E-state index is 0.158. The highest BCUT2D eigenvalue weighted by atomic mass is 19.1. The Bertz CT molecular complexity index is 530. The molecule has 2 saturated heterocycles. The van der Waals surface area contributed by atoms with E-state index in [4.69, 9.17) is 0 Å². The highest BCUT2D eigenvalue weighted by Crippen LogP contribution is 2.44. The summed E-state index contributed by atoms with van der Waals surface area (Å²) in [5.41, 5.74) is -0.127. The van der Waals surface area contributed by atoms with Crippen LogP contribution in [0, 0.1) is 11.2 Å². The molecule has 0 saturated carbocycles. The Labute approximate surface area is 117 Å². The lowest BCUT2D eigenvalue weighted by atomic mass is 9.86. The summed E-state index contributed by atoms with van der Waals surface area (Å²) in [6.07, 6.45) is 1.26. The lowest BCUT2D eigenvalue weighted by molar-refractivity contribution is -0.143. The van der Waals surface area contributed by atoms with Crippen LogP contribution < -0.4 is 0 Å². The third-order valence-electron chi connectivity index (χ3n) is 4.57. The zero-order chi connectivity index (χ0) is 14.3. The molecule has 3 nitrogen and oxygen atoms in total. The Morgan fingerprint density at radius 1 is 1.45 bits per heavy atom. The number of hydrogen-bond acceptors (Lipinski definition) is 2. The van der Waals surface area contributed by atoms with Crippen LogP contribution in [0.4, 0.5) is 8.78 Å². The van der Waals surface area contributed by atoms with E-state index in [2.05, 4.69) is 0 Å². The van der Waals surface area contributed by atoms with Crippen LogP contribution in [0.3, 0.4) is 0 Å². The SMILES string of the molecule is CC[C@@]1(CF)CN2CC[C@@H](c3cccc(F)c3)N2C1=O. The Morgan fingerprint density at radius 3 is 2.90 bits per heavy atom. The van der Waals surface area contributed by atoms with E-state index >= 15 is 0 Å². The molecule has 2 fully saturated rings. The van der Waals surface area contributed by atoms with Gasteiger partial charge in [0, 0.05) is 13.1 Å². The van der Waals surface area contributed by atoms with Crippen molar-refractivity contribution in [1.29, 1.82) is 0 Å². The maximum atomic E-state index is 13.4. The maximum Gasteiger partial charge on any atom is 0.247 e. The molecular weight excluding hydrogens is 262 g/mol. The molecule has 3 rings (SSSR count). The molecule has 0 N–H and O–H groups in total. The molecule has 0 radical (unpaired) electrons. The van der Waals surface area contributed by atoms with Crippen molar-refractivity contribution in [2.24, 2.45) is 5.41 Å². The number of carbonyl (C=O) groups is 1. The Balaban J connectivity index is 1.92. The molecule has 1 aromatic carbocycles. The van der Waals surface area contributed by atoms with Gasteiger partial charge in [-0.25, -0.2) is 13.8 Å². The van der Waals surface area contributed by atoms with E-state index in [-0.39, 0.29) is 17.8 Å². The summed E-state index contributed by atoms with van der Waals surface area (Å²) in [7, 11) is 0. The van der Waals surface area contributed by atoms with Crippen LogP contribution in [-0.2, 0) is 4.79 Å². The molecule has 2 aliphatic rings. The third kappa shape index (κ3) is 1.84. The molecule has 1 aromatic rings. The summed E-state index contributed by atoms with van der Waals surface area (Å²) in [5, 5.41) is 3.57. The topological polar surface area (TPSA) is 23.6 Å². The van der Waals surface area contributed by atoms with Crippen molar-refractivity contribution in [1.82, 2.24) is 10.0 Å². The minimum Gasteiger partial charge on any atom is -0.273 e. The zero-order valence-electron chi connectivity index (χ0n) is 11.5. The van der Waals surface area contributed by atoms with Gasteiger partial charge in [-0.15, -0.1) is 0 Å². The number of alkyl halides is 1. The Hall–Kier alpha value is -1.49. The fraction of sp³-hybridized carbons (Fsp3) is 0.533. The van der Waals surface area contributed by atoms with Gasteiger partial charge in [-0.05, 0) is 30.5 Å². The summed E-state index contributed by atoms with van der Waals surface area (Å²) < 4.78 is 26.7. The molecule has 2 atom stereocenters. The van der Waals surface area contributed by atoms with Crippen LogP contribution in [0.15, 0.2) is 24.3 Å². The fourth-order valence-corrected chi connectivity index (χ4v) is 3.26. The third-order valence-corrected chi connectivity index (χ3v) is 4.57. The quantitative estimate of drug-likeness (QED) is 0.850. The van der Waals surface area contributed by atoms with Crippen LogP contribution in [-0.4, -0.2) is 35.7 Å². The Kier molecular flexibility index (Phi) is 3.24. The van der Waals surface area contributed by atoms with E-state index in [0.29, 0.717) is 19.5 Å². The number of halogens is 2. The molecule has 2 heterocycles. The van der Waals surface area contributed by atoms with Gasteiger partial charge < -0.3 is 0 Å². The van der Waals surface area contributed by atoms with E-state index in [1.54, 1.807) is 11.1 Å². The van der Waals surface area contributed by atoms with Crippen LogP contribution in [0.5, 0.6) is 0 Å². The van der Waals surface area contributed by atoms with Gasteiger partial charge in [0.05, 0.1) is 11.5 Å². The molecule has 5 heteroatoms. The highest BCUT2D eigenvalue weighted by molar-refractivity contribution is 5.85. The molecule has 108 valence electrons. The van der Waals surface area contributed by atoms with Crippen molar-refractivity contribution in [3.05, 3.63) is 35.6 Å². The van der Waals surface area contributed by atoms with Crippen LogP contribution in [0.2, 0.25) is 0 Å². The van der Waals surface area contributed by atoms with Crippen molar-refractivity contribution in [3.8, 4) is 0 Å². The predicted octanol–water partition coefficient (Wildman–Crippen LogP) is 2.70. The van der Waals surface area contributed by atoms with Crippen LogP contribution in [0.1, 0.15) is 31.4 Å². The number of nitrogens with zero attached hydrogens (tertiary/aromatic N) is 2. The Morgan fingerprint density at radius 2 is 2.25 bits per heavy atom. The van der Waals surface area contributed by atoms with E-state index < -0.39 is 12.1 Å². The van der Waals surface area contributed by atoms with Crippen molar-refractivity contribution >= 4 is 5.91 Å². The van der Waals surface area contributed by atoms with Crippen LogP contribution >= 0.6 is 0 Å². The maximum absolute atomic E-state index is 13.4. The summed E-state index contributed by atoms with van der Waals surface area (Å²) in [5.74, 6) is -0.464. The first kappa shape index (κ1) is 13.5.